The molecule has 1 heterocycles. The van der Waals surface area contributed by atoms with Crippen molar-refractivity contribution >= 4 is 29.7 Å². The van der Waals surface area contributed by atoms with Crippen LogP contribution in [0.1, 0.15) is 37.4 Å². The summed E-state index contributed by atoms with van der Waals surface area (Å²) < 4.78 is 0. The molecule has 2 atom stereocenters. The molecule has 0 bridgehead atoms. The van der Waals surface area contributed by atoms with E-state index in [1.165, 1.54) is 9.75 Å². The van der Waals surface area contributed by atoms with Crippen molar-refractivity contribution in [3.63, 3.8) is 0 Å². The maximum Gasteiger partial charge on any atom is 0.237 e. The zero-order valence-corrected chi connectivity index (χ0v) is 14.0. The second-order valence-electron chi connectivity index (χ2n) is 5.97. The number of carbonyl (C=O) groups excluding carboxylic acids is 1. The highest BCUT2D eigenvalue weighted by atomic mass is 35.5. The van der Waals surface area contributed by atoms with Crippen LogP contribution in [0.4, 0.5) is 0 Å². The van der Waals surface area contributed by atoms with Gasteiger partial charge in [-0.3, -0.25) is 4.79 Å². The van der Waals surface area contributed by atoms with Gasteiger partial charge in [0, 0.05) is 22.2 Å². The molecule has 0 aromatic carbocycles. The lowest BCUT2D eigenvalue weighted by Gasteiger charge is -2.27. The highest BCUT2D eigenvalue weighted by molar-refractivity contribution is 7.11. The zero-order chi connectivity index (χ0) is 13.9. The SMILES string of the molecule is Cc1ccc(CC(C)NC(=O)[C@@H](N)C(C)(C)C)s1.Cl. The third-order valence-electron chi connectivity index (χ3n) is 2.91. The van der Waals surface area contributed by atoms with Crippen molar-refractivity contribution in [1.29, 1.82) is 0 Å². The Bertz CT molecular complexity index is 412. The number of thiophene rings is 1. The fourth-order valence-electron chi connectivity index (χ4n) is 1.67. The van der Waals surface area contributed by atoms with Crippen molar-refractivity contribution in [2.45, 2.75) is 53.1 Å². The Labute approximate surface area is 126 Å². The first kappa shape index (κ1) is 18.4. The molecular formula is C14H25ClN2OS. The average molecular weight is 305 g/mol. The predicted molar refractivity (Wildman–Crippen MR) is 85.0 cm³/mol. The van der Waals surface area contributed by atoms with Crippen LogP contribution >= 0.6 is 23.7 Å². The van der Waals surface area contributed by atoms with Crippen molar-refractivity contribution in [3.05, 3.63) is 21.9 Å². The molecular weight excluding hydrogens is 280 g/mol. The smallest absolute Gasteiger partial charge is 0.237 e. The molecule has 5 heteroatoms. The summed E-state index contributed by atoms with van der Waals surface area (Å²) in [4.78, 5) is 14.6. The van der Waals surface area contributed by atoms with Gasteiger partial charge in [-0.1, -0.05) is 20.8 Å². The summed E-state index contributed by atoms with van der Waals surface area (Å²) in [5.41, 5.74) is 5.73. The minimum atomic E-state index is -0.468. The number of halogens is 1. The number of amides is 1. The van der Waals surface area contributed by atoms with Crippen LogP contribution in [0, 0.1) is 12.3 Å². The van der Waals surface area contributed by atoms with E-state index in [0.717, 1.165) is 6.42 Å². The van der Waals surface area contributed by atoms with Crippen LogP contribution in [-0.4, -0.2) is 18.0 Å². The summed E-state index contributed by atoms with van der Waals surface area (Å²) in [6.07, 6.45) is 0.862. The van der Waals surface area contributed by atoms with Gasteiger partial charge in [-0.2, -0.15) is 0 Å². The van der Waals surface area contributed by atoms with Crippen LogP contribution in [0.25, 0.3) is 0 Å². The molecule has 0 aliphatic rings. The molecule has 0 fully saturated rings. The second kappa shape index (κ2) is 7.27. The molecule has 1 unspecified atom stereocenters. The Kier molecular flexibility index (Phi) is 7.05. The van der Waals surface area contributed by atoms with Crippen LogP contribution in [-0.2, 0) is 11.2 Å². The lowest BCUT2D eigenvalue weighted by molar-refractivity contribution is -0.125. The number of aryl methyl sites for hydroxylation is 1. The van der Waals surface area contributed by atoms with Crippen molar-refractivity contribution in [1.82, 2.24) is 5.32 Å². The van der Waals surface area contributed by atoms with Crippen molar-refractivity contribution in [2.75, 3.05) is 0 Å². The van der Waals surface area contributed by atoms with E-state index in [0.29, 0.717) is 0 Å². The molecule has 1 rings (SSSR count). The van der Waals surface area contributed by atoms with E-state index in [-0.39, 0.29) is 29.8 Å². The Morgan fingerprint density at radius 1 is 1.42 bits per heavy atom. The lowest BCUT2D eigenvalue weighted by Crippen LogP contribution is -2.51. The van der Waals surface area contributed by atoms with Gasteiger partial charge in [-0.25, -0.2) is 0 Å². The number of nitrogens with two attached hydrogens (primary N) is 1. The first-order valence-electron chi connectivity index (χ1n) is 6.31. The molecule has 0 aliphatic heterocycles. The van der Waals surface area contributed by atoms with Gasteiger partial charge in [-0.15, -0.1) is 23.7 Å². The fraction of sp³-hybridized carbons (Fsp3) is 0.643. The van der Waals surface area contributed by atoms with Crippen molar-refractivity contribution in [3.8, 4) is 0 Å². The Morgan fingerprint density at radius 2 is 2.00 bits per heavy atom. The van der Waals surface area contributed by atoms with Gasteiger partial charge < -0.3 is 11.1 Å². The molecule has 0 radical (unpaired) electrons. The van der Waals surface area contributed by atoms with Gasteiger partial charge in [0.15, 0.2) is 0 Å². The molecule has 0 saturated carbocycles. The summed E-state index contributed by atoms with van der Waals surface area (Å²) in [5.74, 6) is -0.0664. The first-order valence-corrected chi connectivity index (χ1v) is 7.13. The zero-order valence-electron chi connectivity index (χ0n) is 12.3. The van der Waals surface area contributed by atoms with Gasteiger partial charge in [0.2, 0.25) is 5.91 Å². The van der Waals surface area contributed by atoms with E-state index < -0.39 is 6.04 Å². The molecule has 0 spiro atoms. The van der Waals surface area contributed by atoms with Gasteiger partial charge in [0.25, 0.3) is 0 Å². The average Bonchev–Trinajstić information content (AvgIpc) is 2.61. The number of rotatable bonds is 4. The summed E-state index contributed by atoms with van der Waals surface area (Å²) in [6.45, 7) is 10.0. The summed E-state index contributed by atoms with van der Waals surface area (Å²) in [5, 5.41) is 2.99. The Balaban J connectivity index is 0.00000324. The van der Waals surface area contributed by atoms with E-state index in [1.807, 2.05) is 27.7 Å². The van der Waals surface area contributed by atoms with Crippen LogP contribution < -0.4 is 11.1 Å². The number of hydrogen-bond acceptors (Lipinski definition) is 3. The largest absolute Gasteiger partial charge is 0.352 e. The second-order valence-corrected chi connectivity index (χ2v) is 7.34. The highest BCUT2D eigenvalue weighted by Gasteiger charge is 2.28. The first-order chi connectivity index (χ1) is 8.20. The molecule has 3 nitrogen and oxygen atoms in total. The van der Waals surface area contributed by atoms with Gasteiger partial charge in [0.05, 0.1) is 6.04 Å². The van der Waals surface area contributed by atoms with E-state index in [1.54, 1.807) is 11.3 Å². The summed E-state index contributed by atoms with van der Waals surface area (Å²) in [6, 6.07) is 3.87. The number of hydrogen-bond donors (Lipinski definition) is 2. The minimum absolute atomic E-state index is 0. The third-order valence-corrected chi connectivity index (χ3v) is 3.93. The summed E-state index contributed by atoms with van der Waals surface area (Å²) in [7, 11) is 0. The van der Waals surface area contributed by atoms with E-state index >= 15 is 0 Å². The monoisotopic (exact) mass is 304 g/mol. The number of nitrogens with one attached hydrogen (secondary N) is 1. The molecule has 3 N–H and O–H groups in total. The van der Waals surface area contributed by atoms with Gasteiger partial charge in [-0.05, 0) is 31.4 Å². The lowest BCUT2D eigenvalue weighted by atomic mass is 9.87. The molecule has 1 aromatic rings. The third kappa shape index (κ3) is 5.93. The molecule has 0 aliphatic carbocycles. The van der Waals surface area contributed by atoms with Crippen LogP contribution in [0.3, 0.4) is 0 Å². The van der Waals surface area contributed by atoms with Gasteiger partial charge in [0.1, 0.15) is 0 Å². The van der Waals surface area contributed by atoms with E-state index in [9.17, 15) is 4.79 Å². The Hall–Kier alpha value is -0.580. The normalized spacial score (nSPS) is 14.4. The van der Waals surface area contributed by atoms with Gasteiger partial charge >= 0.3 is 0 Å². The maximum absolute atomic E-state index is 12.0. The Morgan fingerprint density at radius 3 is 2.42 bits per heavy atom. The molecule has 1 aromatic heterocycles. The van der Waals surface area contributed by atoms with E-state index in [4.69, 9.17) is 5.73 Å². The van der Waals surface area contributed by atoms with E-state index in [2.05, 4.69) is 24.4 Å². The summed E-state index contributed by atoms with van der Waals surface area (Å²) >= 11 is 1.77. The maximum atomic E-state index is 12.0. The highest BCUT2D eigenvalue weighted by Crippen LogP contribution is 2.19. The molecule has 0 saturated heterocycles. The minimum Gasteiger partial charge on any atom is -0.352 e. The van der Waals surface area contributed by atoms with Crippen molar-refractivity contribution < 1.29 is 4.79 Å². The van der Waals surface area contributed by atoms with Crippen LogP contribution in [0.5, 0.6) is 0 Å². The quantitative estimate of drug-likeness (QED) is 0.898. The topological polar surface area (TPSA) is 55.1 Å². The molecule has 19 heavy (non-hydrogen) atoms. The predicted octanol–water partition coefficient (Wildman–Crippen LogP) is 2.90. The standard InChI is InChI=1S/C14H24N2OS.ClH/c1-9(8-11-7-6-10(2)18-11)16-13(17)12(15)14(3,4)5;/h6-7,9,12H,8,15H2,1-5H3,(H,16,17);1H/t9?,12-;/m1./s1. The molecule has 1 amide bonds. The van der Waals surface area contributed by atoms with Crippen LogP contribution in [0.2, 0.25) is 0 Å². The van der Waals surface area contributed by atoms with Crippen molar-refractivity contribution in [2.24, 2.45) is 11.1 Å². The number of carbonyl (C=O) groups is 1. The van der Waals surface area contributed by atoms with Crippen LogP contribution in [0.15, 0.2) is 12.1 Å². The molecule has 110 valence electrons. The fourth-order valence-corrected chi connectivity index (χ4v) is 2.69.